The summed E-state index contributed by atoms with van der Waals surface area (Å²) in [5.74, 6) is -0.0900. The van der Waals surface area contributed by atoms with E-state index in [4.69, 9.17) is 4.74 Å². The van der Waals surface area contributed by atoms with Crippen LogP contribution in [0.4, 0.5) is 4.39 Å². The lowest BCUT2D eigenvalue weighted by molar-refractivity contribution is 0.0883. The summed E-state index contributed by atoms with van der Waals surface area (Å²) in [6.45, 7) is 2.30. The molecule has 4 aromatic rings. The van der Waals surface area contributed by atoms with Gasteiger partial charge in [-0.3, -0.25) is 19.7 Å². The highest BCUT2D eigenvalue weighted by atomic mass is 19.1. The molecule has 1 aliphatic rings. The van der Waals surface area contributed by atoms with Crippen molar-refractivity contribution in [3.05, 3.63) is 108 Å². The van der Waals surface area contributed by atoms with Crippen LogP contribution in [0.1, 0.15) is 33.7 Å². The second-order valence-corrected chi connectivity index (χ2v) is 7.94. The Balaban J connectivity index is 1.57. The number of carbonyl (C=O) groups is 1. The van der Waals surface area contributed by atoms with Gasteiger partial charge in [0.25, 0.3) is 5.91 Å². The Morgan fingerprint density at radius 3 is 2.52 bits per heavy atom. The van der Waals surface area contributed by atoms with Gasteiger partial charge in [0.1, 0.15) is 22.8 Å². The summed E-state index contributed by atoms with van der Waals surface area (Å²) in [5.41, 5.74) is 3.49. The molecule has 0 spiro atoms. The number of hydrogen-bond donors (Lipinski definition) is 1. The van der Waals surface area contributed by atoms with Crippen molar-refractivity contribution in [1.82, 2.24) is 20.3 Å². The minimum absolute atomic E-state index is 0.318. The molecule has 7 heteroatoms. The van der Waals surface area contributed by atoms with Crippen LogP contribution >= 0.6 is 0 Å². The van der Waals surface area contributed by atoms with Gasteiger partial charge >= 0.3 is 0 Å². The molecule has 1 amide bonds. The van der Waals surface area contributed by atoms with E-state index in [0.29, 0.717) is 30.0 Å². The average Bonchev–Trinajstić information content (AvgIpc) is 2.85. The number of halogens is 1. The van der Waals surface area contributed by atoms with Crippen LogP contribution in [-0.4, -0.2) is 27.5 Å². The number of nitrogens with one attached hydrogen (secondary N) is 1. The standard InChI is InChI=1S/C26H21FN4O2/c1-17-15-30-22(16-29-17)18-4-8-20(9-5-18)26(12-14-33-23-3-2-13-28-24(23)26)31-25(32)19-6-10-21(27)11-7-19/h2-11,13,15-16H,12,14H2,1H3,(H,31,32)/t26-/m0/s1. The second kappa shape index (κ2) is 8.43. The number of fused-ring (bicyclic) bond motifs is 1. The zero-order valence-electron chi connectivity index (χ0n) is 18.0. The largest absolute Gasteiger partial charge is 0.491 e. The molecule has 0 fully saturated rings. The molecule has 1 atom stereocenters. The average molecular weight is 440 g/mol. The summed E-state index contributed by atoms with van der Waals surface area (Å²) in [5, 5.41) is 3.18. The molecule has 0 saturated carbocycles. The maximum Gasteiger partial charge on any atom is 0.252 e. The number of ether oxygens (including phenoxy) is 1. The molecule has 164 valence electrons. The van der Waals surface area contributed by atoms with Gasteiger partial charge in [0.05, 0.1) is 24.2 Å². The molecule has 1 N–H and O–H groups in total. The predicted octanol–water partition coefficient (Wildman–Crippen LogP) is 4.44. The zero-order chi connectivity index (χ0) is 22.8. The lowest BCUT2D eigenvalue weighted by atomic mass is 9.80. The van der Waals surface area contributed by atoms with Crippen molar-refractivity contribution in [2.24, 2.45) is 0 Å². The Labute approximate surface area is 190 Å². The van der Waals surface area contributed by atoms with Crippen LogP contribution in [0.2, 0.25) is 0 Å². The Morgan fingerprint density at radius 1 is 1.00 bits per heavy atom. The van der Waals surface area contributed by atoms with Gasteiger partial charge < -0.3 is 10.1 Å². The van der Waals surface area contributed by atoms with Crippen molar-refractivity contribution in [1.29, 1.82) is 0 Å². The quantitative estimate of drug-likeness (QED) is 0.508. The fourth-order valence-electron chi connectivity index (χ4n) is 4.07. The van der Waals surface area contributed by atoms with Crippen LogP contribution in [0.15, 0.2) is 79.3 Å². The molecule has 0 radical (unpaired) electrons. The first-order valence-corrected chi connectivity index (χ1v) is 10.6. The van der Waals surface area contributed by atoms with Gasteiger partial charge in [0.15, 0.2) is 0 Å². The molecule has 2 aromatic carbocycles. The van der Waals surface area contributed by atoms with E-state index in [0.717, 1.165) is 22.5 Å². The summed E-state index contributed by atoms with van der Waals surface area (Å²) in [7, 11) is 0. The van der Waals surface area contributed by atoms with Crippen molar-refractivity contribution in [3.63, 3.8) is 0 Å². The smallest absolute Gasteiger partial charge is 0.252 e. The number of aromatic nitrogens is 3. The molecule has 5 rings (SSSR count). The van der Waals surface area contributed by atoms with Gasteiger partial charge in [-0.2, -0.15) is 0 Å². The van der Waals surface area contributed by atoms with Gasteiger partial charge in [0.2, 0.25) is 0 Å². The number of pyridine rings is 1. The summed E-state index contributed by atoms with van der Waals surface area (Å²) in [4.78, 5) is 26.6. The summed E-state index contributed by atoms with van der Waals surface area (Å²) in [6.07, 6.45) is 5.64. The Kier molecular flexibility index (Phi) is 5.30. The van der Waals surface area contributed by atoms with Gasteiger partial charge in [-0.1, -0.05) is 24.3 Å². The molecular formula is C26H21FN4O2. The SMILES string of the molecule is Cc1cnc(-c2ccc([C@@]3(NC(=O)c4ccc(F)cc4)CCOc4cccnc43)cc2)cn1. The van der Waals surface area contributed by atoms with E-state index in [1.165, 1.54) is 24.3 Å². The van der Waals surface area contributed by atoms with Crippen molar-refractivity contribution >= 4 is 5.91 Å². The minimum atomic E-state index is -0.905. The highest BCUT2D eigenvalue weighted by Gasteiger charge is 2.42. The molecule has 6 nitrogen and oxygen atoms in total. The number of carbonyl (C=O) groups excluding carboxylic acids is 1. The predicted molar refractivity (Wildman–Crippen MR) is 121 cm³/mol. The lowest BCUT2D eigenvalue weighted by Gasteiger charge is -2.39. The fraction of sp³-hybridized carbons (Fsp3) is 0.154. The molecule has 2 aromatic heterocycles. The van der Waals surface area contributed by atoms with Crippen LogP contribution in [0.5, 0.6) is 5.75 Å². The normalized spacial score (nSPS) is 17.0. The molecule has 33 heavy (non-hydrogen) atoms. The Bertz CT molecular complexity index is 1290. The van der Waals surface area contributed by atoms with E-state index in [9.17, 15) is 9.18 Å². The summed E-state index contributed by atoms with van der Waals surface area (Å²) >= 11 is 0. The third kappa shape index (κ3) is 3.93. The third-order valence-electron chi connectivity index (χ3n) is 5.80. The third-order valence-corrected chi connectivity index (χ3v) is 5.80. The molecule has 0 unspecified atom stereocenters. The number of benzene rings is 2. The van der Waals surface area contributed by atoms with Crippen LogP contribution in [0.25, 0.3) is 11.3 Å². The van der Waals surface area contributed by atoms with Gasteiger partial charge in [-0.15, -0.1) is 0 Å². The number of rotatable bonds is 4. The number of nitrogens with zero attached hydrogens (tertiary/aromatic N) is 3. The van der Waals surface area contributed by atoms with Gasteiger partial charge in [-0.05, 0) is 48.9 Å². The fourth-order valence-corrected chi connectivity index (χ4v) is 4.07. The van der Waals surface area contributed by atoms with Crippen LogP contribution < -0.4 is 10.1 Å². The maximum atomic E-state index is 13.4. The van der Waals surface area contributed by atoms with E-state index < -0.39 is 11.4 Å². The summed E-state index contributed by atoms with van der Waals surface area (Å²) < 4.78 is 19.2. The van der Waals surface area contributed by atoms with E-state index in [2.05, 4.69) is 20.3 Å². The van der Waals surface area contributed by atoms with Crippen molar-refractivity contribution in [2.75, 3.05) is 6.61 Å². The topological polar surface area (TPSA) is 77.0 Å². The molecule has 0 aliphatic carbocycles. The van der Waals surface area contributed by atoms with Crippen LogP contribution in [0.3, 0.4) is 0 Å². The molecular weight excluding hydrogens is 419 g/mol. The van der Waals surface area contributed by atoms with E-state index in [1.807, 2.05) is 37.3 Å². The highest BCUT2D eigenvalue weighted by Crippen LogP contribution is 2.41. The first-order chi connectivity index (χ1) is 16.0. The molecule has 3 heterocycles. The molecule has 0 saturated heterocycles. The Hall–Kier alpha value is -4.13. The van der Waals surface area contributed by atoms with Crippen LogP contribution in [0, 0.1) is 12.7 Å². The minimum Gasteiger partial charge on any atom is -0.491 e. The van der Waals surface area contributed by atoms with Crippen molar-refractivity contribution in [3.8, 4) is 17.0 Å². The van der Waals surface area contributed by atoms with Gasteiger partial charge in [-0.25, -0.2) is 4.39 Å². The van der Waals surface area contributed by atoms with E-state index in [1.54, 1.807) is 24.7 Å². The van der Waals surface area contributed by atoms with Gasteiger partial charge in [0, 0.05) is 29.9 Å². The number of aryl methyl sites for hydroxylation is 1. The molecule has 0 bridgehead atoms. The molecule has 1 aliphatic heterocycles. The lowest BCUT2D eigenvalue weighted by Crippen LogP contribution is -2.50. The zero-order valence-corrected chi connectivity index (χ0v) is 18.0. The van der Waals surface area contributed by atoms with E-state index in [-0.39, 0.29) is 5.91 Å². The van der Waals surface area contributed by atoms with Crippen molar-refractivity contribution < 1.29 is 13.9 Å². The first kappa shape index (κ1) is 20.8. The maximum absolute atomic E-state index is 13.4. The first-order valence-electron chi connectivity index (χ1n) is 10.6. The summed E-state index contributed by atoms with van der Waals surface area (Å²) in [6, 6.07) is 17.0. The Morgan fingerprint density at radius 2 is 1.79 bits per heavy atom. The number of amides is 1. The second-order valence-electron chi connectivity index (χ2n) is 7.94. The monoisotopic (exact) mass is 440 g/mol. The van der Waals surface area contributed by atoms with E-state index >= 15 is 0 Å². The number of hydrogen-bond acceptors (Lipinski definition) is 5. The van der Waals surface area contributed by atoms with Crippen LogP contribution in [-0.2, 0) is 5.54 Å². The highest BCUT2D eigenvalue weighted by molar-refractivity contribution is 5.95. The van der Waals surface area contributed by atoms with Crippen molar-refractivity contribution in [2.45, 2.75) is 18.9 Å².